The first-order valence-electron chi connectivity index (χ1n) is 6.19. The van der Waals surface area contributed by atoms with Gasteiger partial charge in [0.1, 0.15) is 0 Å². The topological polar surface area (TPSA) is 29.1 Å². The molecule has 3 nitrogen and oxygen atoms in total. The quantitative estimate of drug-likeness (QED) is 0.714. The van der Waals surface area contributed by atoms with Gasteiger partial charge in [-0.25, -0.2) is 0 Å². The van der Waals surface area contributed by atoms with E-state index in [0.29, 0.717) is 0 Å². The number of rotatable bonds is 7. The predicted octanol–water partition coefficient (Wildman–Crippen LogP) is 1.78. The van der Waals surface area contributed by atoms with Crippen LogP contribution in [0.1, 0.15) is 40.5 Å². The molecule has 0 aromatic heterocycles. The van der Waals surface area contributed by atoms with E-state index in [0.717, 1.165) is 37.0 Å². The summed E-state index contributed by atoms with van der Waals surface area (Å²) in [5, 5.41) is 2.80. The Morgan fingerprint density at radius 3 is 1.81 bits per heavy atom. The molecule has 0 aromatic carbocycles. The SMILES string of the molecule is CCCC(C(=O)NC)[N+](CC)(CC)CC.[Y]. The van der Waals surface area contributed by atoms with Crippen molar-refractivity contribution >= 4 is 5.91 Å². The minimum atomic E-state index is 0. The monoisotopic (exact) mass is 304 g/mol. The first-order chi connectivity index (χ1) is 7.11. The van der Waals surface area contributed by atoms with Crippen LogP contribution >= 0.6 is 0 Å². The van der Waals surface area contributed by atoms with Crippen LogP contribution in [0.25, 0.3) is 0 Å². The molecule has 0 spiro atoms. The smallest absolute Gasteiger partial charge is 0.278 e. The Bertz CT molecular complexity index is 185. The molecule has 0 saturated carbocycles. The Labute approximate surface area is 126 Å². The minimum absolute atomic E-state index is 0. The second kappa shape index (κ2) is 9.55. The van der Waals surface area contributed by atoms with Crippen LogP contribution in [-0.2, 0) is 37.5 Å². The maximum absolute atomic E-state index is 11.9. The van der Waals surface area contributed by atoms with E-state index in [1.165, 1.54) is 0 Å². The van der Waals surface area contributed by atoms with Crippen LogP contribution in [0.2, 0.25) is 0 Å². The first kappa shape index (κ1) is 18.9. The summed E-state index contributed by atoms with van der Waals surface area (Å²) in [5.74, 6) is 0.197. The van der Waals surface area contributed by atoms with Crippen molar-refractivity contribution < 1.29 is 42.0 Å². The van der Waals surface area contributed by atoms with Gasteiger partial charge in [-0.1, -0.05) is 6.92 Å². The molecule has 0 aliphatic heterocycles. The van der Waals surface area contributed by atoms with Crippen LogP contribution < -0.4 is 5.32 Å². The fraction of sp³-hybridized carbons (Fsp3) is 0.917. The number of carbonyl (C=O) groups is 1. The molecule has 0 aromatic rings. The maximum atomic E-state index is 11.9. The summed E-state index contributed by atoms with van der Waals surface area (Å²) in [6.07, 6.45) is 2.05. The summed E-state index contributed by atoms with van der Waals surface area (Å²) >= 11 is 0. The van der Waals surface area contributed by atoms with Crippen LogP contribution in [0, 0.1) is 0 Å². The van der Waals surface area contributed by atoms with E-state index >= 15 is 0 Å². The molecular weight excluding hydrogens is 277 g/mol. The molecule has 0 rings (SSSR count). The van der Waals surface area contributed by atoms with E-state index in [2.05, 4.69) is 33.0 Å². The molecule has 1 N–H and O–H groups in total. The molecule has 1 unspecified atom stereocenters. The van der Waals surface area contributed by atoms with Crippen molar-refractivity contribution in [1.29, 1.82) is 0 Å². The third-order valence-electron chi connectivity index (χ3n) is 3.66. The molecule has 0 aliphatic rings. The molecule has 0 aliphatic carbocycles. The van der Waals surface area contributed by atoms with Crippen molar-refractivity contribution in [1.82, 2.24) is 5.32 Å². The number of hydrogen-bond donors (Lipinski definition) is 1. The Balaban J connectivity index is 0. The zero-order valence-corrected chi connectivity index (χ0v) is 14.4. The molecule has 16 heavy (non-hydrogen) atoms. The van der Waals surface area contributed by atoms with Gasteiger partial charge in [-0.3, -0.25) is 4.79 Å². The fourth-order valence-corrected chi connectivity index (χ4v) is 2.43. The summed E-state index contributed by atoms with van der Waals surface area (Å²) < 4.78 is 0.910. The molecule has 0 saturated heterocycles. The second-order valence-electron chi connectivity index (χ2n) is 4.09. The van der Waals surface area contributed by atoms with Gasteiger partial charge in [0, 0.05) is 46.2 Å². The third kappa shape index (κ3) is 4.42. The maximum Gasteiger partial charge on any atom is 0.278 e. The number of nitrogens with one attached hydrogen (secondary N) is 1. The van der Waals surface area contributed by atoms with Crippen LogP contribution in [0.3, 0.4) is 0 Å². The van der Waals surface area contributed by atoms with Crippen molar-refractivity contribution in [2.45, 2.75) is 46.6 Å². The molecule has 1 atom stereocenters. The van der Waals surface area contributed by atoms with Gasteiger partial charge in [0.05, 0.1) is 19.6 Å². The number of quaternary nitrogens is 1. The fourth-order valence-electron chi connectivity index (χ4n) is 2.43. The molecular formula is C12H27N2OY+. The first-order valence-corrected chi connectivity index (χ1v) is 6.19. The number of carbonyl (C=O) groups excluding carboxylic acids is 1. The van der Waals surface area contributed by atoms with Crippen molar-refractivity contribution in [2.75, 3.05) is 26.7 Å². The van der Waals surface area contributed by atoms with Crippen LogP contribution in [0.15, 0.2) is 0 Å². The van der Waals surface area contributed by atoms with Crippen molar-refractivity contribution in [3.05, 3.63) is 0 Å². The van der Waals surface area contributed by atoms with Gasteiger partial charge in [-0.05, 0) is 27.2 Å². The minimum Gasteiger partial charge on any atom is -0.354 e. The Hall–Kier alpha value is 0.534. The van der Waals surface area contributed by atoms with Crippen molar-refractivity contribution in [3.63, 3.8) is 0 Å². The molecule has 4 heteroatoms. The Morgan fingerprint density at radius 1 is 1.12 bits per heavy atom. The van der Waals surface area contributed by atoms with Crippen LogP contribution in [0.5, 0.6) is 0 Å². The second-order valence-corrected chi connectivity index (χ2v) is 4.09. The number of hydrogen-bond acceptors (Lipinski definition) is 1. The number of likely N-dealkylation sites (N-methyl/N-ethyl adjacent to an activating group) is 2. The normalized spacial score (nSPS) is 12.8. The van der Waals surface area contributed by atoms with E-state index in [1.807, 2.05) is 0 Å². The Kier molecular flexibility index (Phi) is 11.3. The average Bonchev–Trinajstić information content (AvgIpc) is 2.29. The molecule has 0 bridgehead atoms. The summed E-state index contributed by atoms with van der Waals surface area (Å²) in [7, 11) is 1.74. The molecule has 1 amide bonds. The van der Waals surface area contributed by atoms with E-state index in [-0.39, 0.29) is 44.7 Å². The zero-order chi connectivity index (χ0) is 11.9. The molecule has 0 heterocycles. The largest absolute Gasteiger partial charge is 0.354 e. The van der Waals surface area contributed by atoms with Gasteiger partial charge in [0.15, 0.2) is 6.04 Å². The van der Waals surface area contributed by atoms with E-state index in [9.17, 15) is 4.79 Å². The van der Waals surface area contributed by atoms with Gasteiger partial charge < -0.3 is 9.80 Å². The van der Waals surface area contributed by atoms with Crippen LogP contribution in [0.4, 0.5) is 0 Å². The number of amides is 1. The van der Waals surface area contributed by atoms with Gasteiger partial charge in [0.2, 0.25) is 0 Å². The molecule has 1 radical (unpaired) electrons. The summed E-state index contributed by atoms with van der Waals surface area (Å²) in [6, 6.07) is 0.125. The average molecular weight is 304 g/mol. The standard InChI is InChI=1S/C12H26N2O.Y/c1-6-10-11(12(15)13-5)14(7-2,8-3)9-4;/h11H,6-10H2,1-5H3;/p+1. The van der Waals surface area contributed by atoms with Gasteiger partial charge >= 0.3 is 0 Å². The number of nitrogens with zero attached hydrogens (tertiary/aromatic N) is 1. The van der Waals surface area contributed by atoms with E-state index in [4.69, 9.17) is 0 Å². The Morgan fingerprint density at radius 2 is 1.56 bits per heavy atom. The predicted molar refractivity (Wildman–Crippen MR) is 64.6 cm³/mol. The summed E-state index contributed by atoms with van der Waals surface area (Å²) in [6.45, 7) is 11.8. The van der Waals surface area contributed by atoms with E-state index < -0.39 is 0 Å². The van der Waals surface area contributed by atoms with E-state index in [1.54, 1.807) is 7.05 Å². The summed E-state index contributed by atoms with van der Waals surface area (Å²) in [5.41, 5.74) is 0. The zero-order valence-electron chi connectivity index (χ0n) is 11.5. The van der Waals surface area contributed by atoms with Crippen molar-refractivity contribution in [2.24, 2.45) is 0 Å². The molecule has 93 valence electrons. The van der Waals surface area contributed by atoms with Gasteiger partial charge in [-0.15, -0.1) is 0 Å². The van der Waals surface area contributed by atoms with Gasteiger partial charge in [-0.2, -0.15) is 0 Å². The molecule has 0 fully saturated rings. The third-order valence-corrected chi connectivity index (χ3v) is 3.66. The summed E-state index contributed by atoms with van der Waals surface area (Å²) in [4.78, 5) is 11.9. The van der Waals surface area contributed by atoms with Crippen LogP contribution in [-0.4, -0.2) is 43.1 Å². The van der Waals surface area contributed by atoms with Gasteiger partial charge in [0.25, 0.3) is 5.91 Å². The van der Waals surface area contributed by atoms with Crippen molar-refractivity contribution in [3.8, 4) is 0 Å².